The van der Waals surface area contributed by atoms with Gasteiger partial charge in [0.15, 0.2) is 10.9 Å². The van der Waals surface area contributed by atoms with E-state index in [1.165, 1.54) is 23.9 Å². The van der Waals surface area contributed by atoms with E-state index in [0.29, 0.717) is 65.2 Å². The molecule has 37 heavy (non-hydrogen) atoms. The summed E-state index contributed by atoms with van der Waals surface area (Å²) in [7, 11) is 0. The smallest absolute Gasteiger partial charge is 0.274 e. The van der Waals surface area contributed by atoms with Gasteiger partial charge >= 0.3 is 0 Å². The lowest BCUT2D eigenvalue weighted by atomic mass is 9.78. The van der Waals surface area contributed by atoms with Crippen LogP contribution in [-0.4, -0.2) is 40.0 Å². The van der Waals surface area contributed by atoms with E-state index in [-0.39, 0.29) is 11.4 Å². The fourth-order valence-corrected chi connectivity index (χ4v) is 5.61. The number of aliphatic imine (C=N–C) groups is 1. The number of thioether (sulfide) groups is 1. The average Bonchev–Trinajstić information content (AvgIpc) is 2.90. The maximum absolute atomic E-state index is 15.4. The second kappa shape index (κ2) is 9.24. The number of anilines is 1. The molecule has 8 nitrogen and oxygen atoms in total. The maximum Gasteiger partial charge on any atom is 0.274 e. The lowest BCUT2D eigenvalue weighted by Crippen LogP contribution is -2.36. The summed E-state index contributed by atoms with van der Waals surface area (Å²) in [5.74, 6) is -0.701. The Morgan fingerprint density at radius 2 is 2.05 bits per heavy atom. The Morgan fingerprint density at radius 1 is 1.16 bits per heavy atom. The largest absolute Gasteiger partial charge is 0.452 e. The van der Waals surface area contributed by atoms with Crippen molar-refractivity contribution in [1.82, 2.24) is 9.97 Å². The molecule has 0 saturated heterocycles. The minimum atomic E-state index is -1.03. The van der Waals surface area contributed by atoms with Crippen molar-refractivity contribution < 1.29 is 23.0 Å². The van der Waals surface area contributed by atoms with Gasteiger partial charge in [-0.3, -0.25) is 4.79 Å². The van der Waals surface area contributed by atoms with Crippen LogP contribution < -0.4 is 15.8 Å². The van der Waals surface area contributed by atoms with Gasteiger partial charge in [0, 0.05) is 22.6 Å². The number of carbonyl (C=O) groups is 1. The Bertz CT molecular complexity index is 1480. The van der Waals surface area contributed by atoms with Gasteiger partial charge in [0.1, 0.15) is 22.8 Å². The van der Waals surface area contributed by atoms with Crippen LogP contribution in [0.25, 0.3) is 5.57 Å². The Morgan fingerprint density at radius 3 is 2.81 bits per heavy atom. The van der Waals surface area contributed by atoms with Crippen molar-refractivity contribution >= 4 is 34.1 Å². The third-order valence-electron chi connectivity index (χ3n) is 6.54. The number of ether oxygens (including phenoxy) is 2. The van der Waals surface area contributed by atoms with Crippen LogP contribution in [0.1, 0.15) is 40.2 Å². The summed E-state index contributed by atoms with van der Waals surface area (Å²) in [6, 6.07) is 9.32. The van der Waals surface area contributed by atoms with E-state index in [0.717, 1.165) is 11.8 Å². The number of amidine groups is 1. The van der Waals surface area contributed by atoms with Gasteiger partial charge in [0.2, 0.25) is 0 Å². The van der Waals surface area contributed by atoms with Crippen molar-refractivity contribution in [3.63, 3.8) is 0 Å². The molecule has 0 bridgehead atoms. The Balaban J connectivity index is 1.46. The first-order valence-corrected chi connectivity index (χ1v) is 12.6. The molecule has 1 amide bonds. The lowest BCUT2D eigenvalue weighted by Gasteiger charge is -2.39. The fraction of sp³-hybridized carbons (Fsp3) is 0.231. The van der Waals surface area contributed by atoms with E-state index in [2.05, 4.69) is 15.3 Å². The normalized spacial score (nSPS) is 20.3. The standard InChI is InChI=1S/C26H21F2N5O3S/c27-15-1-3-19(30-13-15)24(34)31-16-2-4-21-17(11-16)26(7-10-37-25(29)33-26)18-12-20(14-5-8-35-9-6-14)32-23(28)22(18)36-21/h1-5,11-13H,6-10H2,(H2,29,33)(H,31,34)/t26-/m0/s1. The Hall–Kier alpha value is -3.83. The summed E-state index contributed by atoms with van der Waals surface area (Å²) in [6.45, 7) is 0.971. The molecule has 5 heterocycles. The molecule has 3 N–H and O–H groups in total. The molecule has 3 aliphatic rings. The van der Waals surface area contributed by atoms with Gasteiger partial charge in [-0.25, -0.2) is 19.4 Å². The van der Waals surface area contributed by atoms with Gasteiger partial charge in [0.05, 0.1) is 25.1 Å². The summed E-state index contributed by atoms with van der Waals surface area (Å²) >= 11 is 1.43. The number of pyridine rings is 2. The highest BCUT2D eigenvalue weighted by Crippen LogP contribution is 2.54. The molecule has 3 aromatic rings. The Kier molecular flexibility index (Phi) is 5.88. The summed E-state index contributed by atoms with van der Waals surface area (Å²) in [6.07, 6.45) is 4.02. The molecule has 1 atom stereocenters. The number of hydrogen-bond donors (Lipinski definition) is 2. The van der Waals surface area contributed by atoms with Gasteiger partial charge in [0.25, 0.3) is 11.9 Å². The molecule has 1 spiro atoms. The number of nitrogens with two attached hydrogens (primary N) is 1. The molecule has 11 heteroatoms. The zero-order valence-electron chi connectivity index (χ0n) is 19.5. The zero-order valence-corrected chi connectivity index (χ0v) is 20.3. The van der Waals surface area contributed by atoms with E-state index in [4.69, 9.17) is 20.2 Å². The van der Waals surface area contributed by atoms with Crippen molar-refractivity contribution in [2.24, 2.45) is 10.7 Å². The van der Waals surface area contributed by atoms with Gasteiger partial charge in [-0.15, -0.1) is 0 Å². The van der Waals surface area contributed by atoms with E-state index in [1.807, 2.05) is 12.1 Å². The summed E-state index contributed by atoms with van der Waals surface area (Å²) < 4.78 is 40.0. The van der Waals surface area contributed by atoms with Crippen LogP contribution in [0.3, 0.4) is 0 Å². The average molecular weight is 522 g/mol. The molecule has 1 aromatic carbocycles. The molecule has 0 radical (unpaired) electrons. The molecule has 2 aromatic heterocycles. The highest BCUT2D eigenvalue weighted by atomic mass is 32.2. The molecule has 6 rings (SSSR count). The number of fused-ring (bicyclic) bond motifs is 4. The number of rotatable bonds is 3. The van der Waals surface area contributed by atoms with E-state index >= 15 is 4.39 Å². The first kappa shape index (κ1) is 23.6. The van der Waals surface area contributed by atoms with Crippen molar-refractivity contribution in [3.05, 3.63) is 83.0 Å². The van der Waals surface area contributed by atoms with Crippen molar-refractivity contribution in [2.45, 2.75) is 18.4 Å². The van der Waals surface area contributed by atoms with Crippen molar-refractivity contribution in [2.75, 3.05) is 24.3 Å². The van der Waals surface area contributed by atoms with Crippen LogP contribution in [0, 0.1) is 11.8 Å². The summed E-state index contributed by atoms with van der Waals surface area (Å²) in [4.78, 5) is 25.6. The first-order chi connectivity index (χ1) is 17.9. The second-order valence-corrected chi connectivity index (χ2v) is 9.88. The van der Waals surface area contributed by atoms with Crippen molar-refractivity contribution in [1.29, 1.82) is 0 Å². The van der Waals surface area contributed by atoms with Gasteiger partial charge in [-0.05, 0) is 54.8 Å². The van der Waals surface area contributed by atoms with Crippen LogP contribution >= 0.6 is 11.8 Å². The Labute approximate surface area is 215 Å². The third-order valence-corrected chi connectivity index (χ3v) is 7.33. The fourth-order valence-electron chi connectivity index (χ4n) is 4.78. The molecular weight excluding hydrogens is 500 g/mol. The molecule has 3 aliphatic heterocycles. The lowest BCUT2D eigenvalue weighted by molar-refractivity contribution is 0.102. The van der Waals surface area contributed by atoms with Crippen LogP contribution in [-0.2, 0) is 10.3 Å². The predicted molar refractivity (Wildman–Crippen MR) is 136 cm³/mol. The highest BCUT2D eigenvalue weighted by molar-refractivity contribution is 8.13. The topological polar surface area (TPSA) is 112 Å². The van der Waals surface area contributed by atoms with Crippen LogP contribution in [0.4, 0.5) is 14.5 Å². The summed E-state index contributed by atoms with van der Waals surface area (Å²) in [5, 5.41) is 3.16. The minimum Gasteiger partial charge on any atom is -0.452 e. The van der Waals surface area contributed by atoms with Gasteiger partial charge < -0.3 is 20.5 Å². The van der Waals surface area contributed by atoms with E-state index in [9.17, 15) is 9.18 Å². The zero-order chi connectivity index (χ0) is 25.6. The van der Waals surface area contributed by atoms with E-state index in [1.54, 1.807) is 18.2 Å². The minimum absolute atomic E-state index is 0.0136. The molecule has 0 fully saturated rings. The number of nitrogens with one attached hydrogen (secondary N) is 1. The number of hydrogen-bond acceptors (Lipinski definition) is 8. The number of carbonyl (C=O) groups excluding carboxylic acids is 1. The van der Waals surface area contributed by atoms with Gasteiger partial charge in [-0.2, -0.15) is 4.39 Å². The maximum atomic E-state index is 15.4. The monoisotopic (exact) mass is 521 g/mol. The van der Waals surface area contributed by atoms with Crippen LogP contribution in [0.2, 0.25) is 0 Å². The van der Waals surface area contributed by atoms with E-state index < -0.39 is 23.2 Å². The number of halogens is 2. The number of nitrogens with zero attached hydrogens (tertiary/aromatic N) is 3. The second-order valence-electron chi connectivity index (χ2n) is 8.77. The number of amides is 1. The third kappa shape index (κ3) is 4.23. The molecule has 0 saturated carbocycles. The summed E-state index contributed by atoms with van der Waals surface area (Å²) in [5.41, 5.74) is 8.26. The number of aromatic nitrogens is 2. The number of benzene rings is 1. The van der Waals surface area contributed by atoms with Crippen LogP contribution in [0.15, 0.2) is 53.7 Å². The molecule has 0 aliphatic carbocycles. The SMILES string of the molecule is NC1=N[C@@]2(CCS1)c1cc(NC(=O)c3ccc(F)cn3)ccc1Oc1c2cc(C2=CCOCC2)nc1F. The van der Waals surface area contributed by atoms with Crippen molar-refractivity contribution in [3.8, 4) is 11.5 Å². The highest BCUT2D eigenvalue weighted by Gasteiger charge is 2.46. The quantitative estimate of drug-likeness (QED) is 0.484. The predicted octanol–water partition coefficient (Wildman–Crippen LogP) is 4.61. The molecule has 0 unspecified atom stereocenters. The molecule has 188 valence electrons. The first-order valence-electron chi connectivity index (χ1n) is 11.6. The van der Waals surface area contributed by atoms with Gasteiger partial charge in [-0.1, -0.05) is 17.8 Å². The van der Waals surface area contributed by atoms with Crippen LogP contribution in [0.5, 0.6) is 11.5 Å². The molecular formula is C26H21F2N5O3S.